The summed E-state index contributed by atoms with van der Waals surface area (Å²) < 4.78 is 1.42. The molecule has 0 aromatic carbocycles. The van der Waals surface area contributed by atoms with E-state index in [9.17, 15) is 4.79 Å². The minimum atomic E-state index is -0.426. The van der Waals surface area contributed by atoms with E-state index in [1.807, 2.05) is 6.07 Å². The third-order valence-corrected chi connectivity index (χ3v) is 3.09. The number of amides is 1. The van der Waals surface area contributed by atoms with E-state index in [2.05, 4.69) is 15.4 Å². The van der Waals surface area contributed by atoms with Crippen molar-refractivity contribution in [3.05, 3.63) is 12.2 Å². The van der Waals surface area contributed by atoms with Gasteiger partial charge in [0.25, 0.3) is 5.82 Å². The molecule has 1 N–H and O–H groups in total. The normalized spacial score (nSPS) is 17.6. The van der Waals surface area contributed by atoms with E-state index < -0.39 is 6.04 Å². The van der Waals surface area contributed by atoms with Crippen molar-refractivity contribution >= 4 is 5.91 Å². The second kappa shape index (κ2) is 4.95. The Morgan fingerprint density at radius 3 is 2.94 bits per heavy atom. The van der Waals surface area contributed by atoms with Crippen LogP contribution in [0.3, 0.4) is 0 Å². The fraction of sp³-hybridized carbons (Fsp3) is 0.636. The van der Waals surface area contributed by atoms with Gasteiger partial charge in [0, 0.05) is 6.04 Å². The molecule has 0 aliphatic heterocycles. The molecular formula is C11H15N5O. The summed E-state index contributed by atoms with van der Waals surface area (Å²) in [5.41, 5.74) is 0. The maximum absolute atomic E-state index is 11.9. The summed E-state index contributed by atoms with van der Waals surface area (Å²) in [5, 5.41) is 15.5. The van der Waals surface area contributed by atoms with Crippen LogP contribution in [-0.2, 0) is 4.79 Å². The lowest BCUT2D eigenvalue weighted by atomic mass is 10.2. The SMILES string of the molecule is CC(C(=O)NC1CCCC1)n1cnc(C#N)n1. The van der Waals surface area contributed by atoms with Gasteiger partial charge in [-0.05, 0) is 19.8 Å². The van der Waals surface area contributed by atoms with Crippen LogP contribution in [-0.4, -0.2) is 26.7 Å². The molecule has 1 saturated carbocycles. The lowest BCUT2D eigenvalue weighted by Crippen LogP contribution is -2.37. The van der Waals surface area contributed by atoms with Gasteiger partial charge in [-0.3, -0.25) is 4.79 Å². The molecule has 1 atom stereocenters. The van der Waals surface area contributed by atoms with Crippen LogP contribution in [0.2, 0.25) is 0 Å². The molecule has 6 heteroatoms. The standard InChI is InChI=1S/C11H15N5O/c1-8(16-7-13-10(6-12)15-16)11(17)14-9-4-2-3-5-9/h7-9H,2-5H2,1H3,(H,14,17). The lowest BCUT2D eigenvalue weighted by Gasteiger charge is -2.16. The number of carbonyl (C=O) groups is 1. The number of aromatic nitrogens is 3. The van der Waals surface area contributed by atoms with Crippen molar-refractivity contribution in [2.75, 3.05) is 0 Å². The van der Waals surface area contributed by atoms with Gasteiger partial charge in [-0.1, -0.05) is 12.8 Å². The first-order valence-electron chi connectivity index (χ1n) is 5.82. The second-order valence-corrected chi connectivity index (χ2v) is 4.33. The number of nitrogens with zero attached hydrogens (tertiary/aromatic N) is 4. The van der Waals surface area contributed by atoms with Gasteiger partial charge < -0.3 is 5.32 Å². The van der Waals surface area contributed by atoms with Gasteiger partial charge in [0.2, 0.25) is 5.91 Å². The van der Waals surface area contributed by atoms with Gasteiger partial charge in [0.15, 0.2) is 0 Å². The van der Waals surface area contributed by atoms with E-state index in [0.29, 0.717) is 6.04 Å². The topological polar surface area (TPSA) is 83.6 Å². The van der Waals surface area contributed by atoms with Crippen LogP contribution in [0.1, 0.15) is 44.5 Å². The molecule has 1 aliphatic rings. The molecule has 1 aromatic heterocycles. The van der Waals surface area contributed by atoms with Crippen molar-refractivity contribution in [3.8, 4) is 6.07 Å². The Hall–Kier alpha value is -1.90. The van der Waals surface area contributed by atoms with Gasteiger partial charge in [-0.2, -0.15) is 5.26 Å². The molecule has 1 unspecified atom stereocenters. The summed E-state index contributed by atoms with van der Waals surface area (Å²) in [5.74, 6) is 0.0248. The monoisotopic (exact) mass is 233 g/mol. The predicted octanol–water partition coefficient (Wildman–Crippen LogP) is 0.770. The van der Waals surface area contributed by atoms with E-state index in [1.165, 1.54) is 23.9 Å². The summed E-state index contributed by atoms with van der Waals surface area (Å²) in [6.45, 7) is 1.75. The summed E-state index contributed by atoms with van der Waals surface area (Å²) in [7, 11) is 0. The maximum atomic E-state index is 11.9. The molecule has 1 heterocycles. The molecular weight excluding hydrogens is 218 g/mol. The highest BCUT2D eigenvalue weighted by Gasteiger charge is 2.22. The van der Waals surface area contributed by atoms with Crippen LogP contribution in [0.4, 0.5) is 0 Å². The Morgan fingerprint density at radius 2 is 2.35 bits per heavy atom. The maximum Gasteiger partial charge on any atom is 0.252 e. The average Bonchev–Trinajstić information content (AvgIpc) is 2.98. The quantitative estimate of drug-likeness (QED) is 0.835. The highest BCUT2D eigenvalue weighted by atomic mass is 16.2. The van der Waals surface area contributed by atoms with Gasteiger partial charge >= 0.3 is 0 Å². The molecule has 0 radical (unpaired) electrons. The van der Waals surface area contributed by atoms with Crippen molar-refractivity contribution in [1.82, 2.24) is 20.1 Å². The van der Waals surface area contributed by atoms with Crippen LogP contribution in [0, 0.1) is 11.3 Å². The summed E-state index contributed by atoms with van der Waals surface area (Å²) in [6, 6.07) is 1.71. The van der Waals surface area contributed by atoms with E-state index in [0.717, 1.165) is 12.8 Å². The molecule has 1 fully saturated rings. The third kappa shape index (κ3) is 2.61. The van der Waals surface area contributed by atoms with Crippen molar-refractivity contribution in [3.63, 3.8) is 0 Å². The van der Waals surface area contributed by atoms with Gasteiger partial charge in [-0.15, -0.1) is 5.10 Å². The zero-order valence-electron chi connectivity index (χ0n) is 9.76. The molecule has 0 saturated heterocycles. The number of hydrogen-bond donors (Lipinski definition) is 1. The Labute approximate surface area is 99.6 Å². The van der Waals surface area contributed by atoms with E-state index in [4.69, 9.17) is 5.26 Å². The molecule has 0 spiro atoms. The Morgan fingerprint density at radius 1 is 1.65 bits per heavy atom. The molecule has 1 aliphatic carbocycles. The summed E-state index contributed by atoms with van der Waals surface area (Å²) in [6.07, 6.45) is 5.89. The highest BCUT2D eigenvalue weighted by molar-refractivity contribution is 5.80. The van der Waals surface area contributed by atoms with Crippen LogP contribution in [0.25, 0.3) is 0 Å². The van der Waals surface area contributed by atoms with Crippen LogP contribution in [0.15, 0.2) is 6.33 Å². The van der Waals surface area contributed by atoms with Crippen molar-refractivity contribution < 1.29 is 4.79 Å². The third-order valence-electron chi connectivity index (χ3n) is 3.09. The zero-order valence-corrected chi connectivity index (χ0v) is 9.76. The van der Waals surface area contributed by atoms with E-state index in [1.54, 1.807) is 6.92 Å². The minimum Gasteiger partial charge on any atom is -0.352 e. The van der Waals surface area contributed by atoms with Crippen molar-refractivity contribution in [2.45, 2.75) is 44.7 Å². The molecule has 0 bridgehead atoms. The number of rotatable bonds is 3. The number of nitrogens with one attached hydrogen (secondary N) is 1. The molecule has 1 aromatic rings. The summed E-state index contributed by atoms with van der Waals surface area (Å²) in [4.78, 5) is 15.7. The van der Waals surface area contributed by atoms with Gasteiger partial charge in [0.1, 0.15) is 18.4 Å². The lowest BCUT2D eigenvalue weighted by molar-refractivity contribution is -0.124. The molecule has 1 amide bonds. The van der Waals surface area contributed by atoms with E-state index >= 15 is 0 Å². The average molecular weight is 233 g/mol. The Balaban J connectivity index is 1.96. The molecule has 2 rings (SSSR count). The van der Waals surface area contributed by atoms with Crippen molar-refractivity contribution in [2.24, 2.45) is 0 Å². The van der Waals surface area contributed by atoms with Crippen LogP contribution < -0.4 is 5.32 Å². The molecule has 90 valence electrons. The van der Waals surface area contributed by atoms with Crippen LogP contribution >= 0.6 is 0 Å². The minimum absolute atomic E-state index is 0.0636. The number of hydrogen-bond acceptors (Lipinski definition) is 4. The molecule has 17 heavy (non-hydrogen) atoms. The van der Waals surface area contributed by atoms with Gasteiger partial charge in [0.05, 0.1) is 0 Å². The highest BCUT2D eigenvalue weighted by Crippen LogP contribution is 2.18. The van der Waals surface area contributed by atoms with E-state index in [-0.39, 0.29) is 11.7 Å². The first kappa shape index (κ1) is 11.6. The van der Waals surface area contributed by atoms with Crippen molar-refractivity contribution in [1.29, 1.82) is 5.26 Å². The number of carbonyl (C=O) groups excluding carboxylic acids is 1. The fourth-order valence-electron chi connectivity index (χ4n) is 2.02. The Kier molecular flexibility index (Phi) is 3.38. The van der Waals surface area contributed by atoms with Gasteiger partial charge in [-0.25, -0.2) is 9.67 Å². The summed E-state index contributed by atoms with van der Waals surface area (Å²) >= 11 is 0. The first-order chi connectivity index (χ1) is 8.20. The fourth-order valence-corrected chi connectivity index (χ4v) is 2.02. The zero-order chi connectivity index (χ0) is 12.3. The smallest absolute Gasteiger partial charge is 0.252 e. The first-order valence-corrected chi connectivity index (χ1v) is 5.82. The van der Waals surface area contributed by atoms with Crippen LogP contribution in [0.5, 0.6) is 0 Å². The second-order valence-electron chi connectivity index (χ2n) is 4.33. The molecule has 6 nitrogen and oxygen atoms in total. The largest absolute Gasteiger partial charge is 0.352 e. The Bertz CT molecular complexity index is 441. The number of nitriles is 1. The predicted molar refractivity (Wildman–Crippen MR) is 59.8 cm³/mol.